The van der Waals surface area contributed by atoms with Gasteiger partial charge in [-0.3, -0.25) is 9.59 Å². The molecule has 1 unspecified atom stereocenters. The maximum absolute atomic E-state index is 12.9. The number of aromatic nitrogens is 3. The Labute approximate surface area is 182 Å². The zero-order valence-corrected chi connectivity index (χ0v) is 17.0. The van der Waals surface area contributed by atoms with Crippen LogP contribution in [0.15, 0.2) is 59.4 Å². The van der Waals surface area contributed by atoms with E-state index in [1.807, 2.05) is 19.1 Å². The maximum atomic E-state index is 12.9. The van der Waals surface area contributed by atoms with E-state index in [0.29, 0.717) is 16.7 Å². The number of oxazole rings is 1. The van der Waals surface area contributed by atoms with Crippen LogP contribution in [0.1, 0.15) is 34.6 Å². The van der Waals surface area contributed by atoms with E-state index in [0.717, 1.165) is 11.1 Å². The highest BCUT2D eigenvalue weighted by Crippen LogP contribution is 2.23. The number of benzene rings is 2. The van der Waals surface area contributed by atoms with Gasteiger partial charge in [0, 0.05) is 6.20 Å². The van der Waals surface area contributed by atoms with Crippen molar-refractivity contribution < 1.29 is 19.1 Å². The molecule has 6 N–H and O–H groups in total. The van der Waals surface area contributed by atoms with Gasteiger partial charge < -0.3 is 30.9 Å². The van der Waals surface area contributed by atoms with Crippen LogP contribution >= 0.6 is 0 Å². The summed E-state index contributed by atoms with van der Waals surface area (Å²) in [5, 5.41) is 12.1. The molecule has 0 saturated carbocycles. The fraction of sp³-hybridized carbons (Fsp3) is 0.0909. The van der Waals surface area contributed by atoms with E-state index in [1.165, 1.54) is 36.8 Å². The third-order valence-corrected chi connectivity index (χ3v) is 4.88. The van der Waals surface area contributed by atoms with Crippen molar-refractivity contribution in [3.05, 3.63) is 71.8 Å². The molecule has 0 fully saturated rings. The number of phenolic OH excluding ortho intramolecular Hbond substituents is 1. The van der Waals surface area contributed by atoms with Gasteiger partial charge in [-0.05, 0) is 47.9 Å². The van der Waals surface area contributed by atoms with Gasteiger partial charge in [-0.2, -0.15) is 4.98 Å². The van der Waals surface area contributed by atoms with Crippen LogP contribution in [0.25, 0.3) is 22.9 Å². The van der Waals surface area contributed by atoms with Crippen LogP contribution in [0.4, 0.5) is 6.01 Å². The predicted octanol–water partition coefficient (Wildman–Crippen LogP) is 2.29. The lowest BCUT2D eigenvalue weighted by atomic mass is 10.1. The van der Waals surface area contributed by atoms with Crippen LogP contribution in [-0.2, 0) is 4.79 Å². The number of hydrogen-bond acceptors (Lipinski definition) is 7. The Balaban J connectivity index is 1.59. The van der Waals surface area contributed by atoms with Gasteiger partial charge in [-0.25, -0.2) is 4.98 Å². The third-order valence-electron chi connectivity index (χ3n) is 4.88. The van der Waals surface area contributed by atoms with E-state index < -0.39 is 17.9 Å². The molecule has 0 aliphatic rings. The molecule has 4 aromatic rings. The van der Waals surface area contributed by atoms with Gasteiger partial charge in [0.2, 0.25) is 5.91 Å². The Hall–Kier alpha value is -4.60. The highest BCUT2D eigenvalue weighted by Gasteiger charge is 2.22. The molecular weight excluding hydrogens is 412 g/mol. The minimum Gasteiger partial charge on any atom is -0.508 e. The second-order valence-corrected chi connectivity index (χ2v) is 7.13. The van der Waals surface area contributed by atoms with Gasteiger partial charge in [-0.15, -0.1) is 0 Å². The van der Waals surface area contributed by atoms with Gasteiger partial charge in [0.1, 0.15) is 23.0 Å². The number of amides is 2. The molecule has 0 aliphatic heterocycles. The molecular formula is C22H20N6O4. The van der Waals surface area contributed by atoms with Gasteiger partial charge in [0.25, 0.3) is 11.9 Å². The number of primary amides is 1. The third kappa shape index (κ3) is 4.15. The van der Waals surface area contributed by atoms with Crippen LogP contribution in [0, 0.1) is 0 Å². The number of hydrogen-bond donors (Lipinski definition) is 4. The van der Waals surface area contributed by atoms with Crippen molar-refractivity contribution in [3.63, 3.8) is 0 Å². The molecule has 0 aliphatic carbocycles. The molecule has 0 saturated heterocycles. The van der Waals surface area contributed by atoms with Crippen molar-refractivity contribution in [2.75, 3.05) is 5.73 Å². The molecule has 0 spiro atoms. The molecule has 4 rings (SSSR count). The quantitative estimate of drug-likeness (QED) is 0.363. The molecule has 0 bridgehead atoms. The van der Waals surface area contributed by atoms with Crippen molar-refractivity contribution in [2.24, 2.45) is 5.73 Å². The largest absolute Gasteiger partial charge is 0.508 e. The first-order valence-electron chi connectivity index (χ1n) is 9.57. The molecule has 0 radical (unpaired) electrons. The zero-order valence-electron chi connectivity index (χ0n) is 17.0. The molecule has 10 nitrogen and oxygen atoms in total. The molecule has 2 amide bonds. The summed E-state index contributed by atoms with van der Waals surface area (Å²) in [5.74, 6) is -1.24. The summed E-state index contributed by atoms with van der Waals surface area (Å²) >= 11 is 0. The number of fused-ring (bicyclic) bond motifs is 1. The van der Waals surface area contributed by atoms with E-state index in [-0.39, 0.29) is 17.5 Å². The smallest absolute Gasteiger partial charge is 0.292 e. The summed E-state index contributed by atoms with van der Waals surface area (Å²) in [5.41, 5.74) is 14.6. The van der Waals surface area contributed by atoms with Crippen molar-refractivity contribution in [1.29, 1.82) is 0 Å². The molecule has 2 aromatic heterocycles. The highest BCUT2D eigenvalue weighted by atomic mass is 16.4. The second-order valence-electron chi connectivity index (χ2n) is 7.13. The minimum absolute atomic E-state index is 0.0356. The summed E-state index contributed by atoms with van der Waals surface area (Å²) < 4.78 is 6.83. The minimum atomic E-state index is -1.07. The fourth-order valence-electron chi connectivity index (χ4n) is 3.25. The summed E-state index contributed by atoms with van der Waals surface area (Å²) in [6.07, 6.45) is 4.59. The number of nitrogen functional groups attached to an aromatic ring is 1. The number of aromatic hydroxyl groups is 1. The number of nitrogens with one attached hydrogen (secondary N) is 1. The number of imidazole rings is 1. The van der Waals surface area contributed by atoms with Gasteiger partial charge in [-0.1, -0.05) is 18.2 Å². The standard InChI is InChI=1S/C22H20N6O4/c1-12(14-4-7-18-16(8-14)26-22(24)32-18)10-28-11-25-9-17(28)21(31)27-19(20(23)30)13-2-5-15(29)6-3-13/h2-11,19,29H,1H3,(H2,23,30)(H2,24,26)(H,27,31). The monoisotopic (exact) mass is 432 g/mol. The summed E-state index contributed by atoms with van der Waals surface area (Å²) in [6, 6.07) is 10.3. The summed E-state index contributed by atoms with van der Waals surface area (Å²) in [6.45, 7) is 1.87. The van der Waals surface area contributed by atoms with E-state index >= 15 is 0 Å². The Bertz CT molecular complexity index is 1340. The highest BCUT2D eigenvalue weighted by molar-refractivity contribution is 5.97. The van der Waals surface area contributed by atoms with E-state index in [1.54, 1.807) is 16.8 Å². The molecule has 2 heterocycles. The lowest BCUT2D eigenvalue weighted by Gasteiger charge is -2.16. The average molecular weight is 432 g/mol. The Kier molecular flexibility index (Phi) is 5.34. The Morgan fingerprint density at radius 3 is 2.69 bits per heavy atom. The van der Waals surface area contributed by atoms with Crippen molar-refractivity contribution in [2.45, 2.75) is 13.0 Å². The number of rotatable bonds is 6. The topological polar surface area (TPSA) is 162 Å². The first-order valence-corrected chi connectivity index (χ1v) is 9.57. The van der Waals surface area contributed by atoms with Crippen molar-refractivity contribution in [1.82, 2.24) is 19.9 Å². The van der Waals surface area contributed by atoms with Gasteiger partial charge >= 0.3 is 0 Å². The Morgan fingerprint density at radius 2 is 1.97 bits per heavy atom. The number of carbonyl (C=O) groups excluding carboxylic acids is 2. The fourth-order valence-corrected chi connectivity index (χ4v) is 3.25. The second kappa shape index (κ2) is 8.26. The molecule has 32 heavy (non-hydrogen) atoms. The lowest BCUT2D eigenvalue weighted by molar-refractivity contribution is -0.120. The van der Waals surface area contributed by atoms with Crippen LogP contribution in [-0.4, -0.2) is 31.5 Å². The first-order chi connectivity index (χ1) is 15.3. The summed E-state index contributed by atoms with van der Waals surface area (Å²) in [7, 11) is 0. The van der Waals surface area contributed by atoms with E-state index in [9.17, 15) is 14.7 Å². The van der Waals surface area contributed by atoms with E-state index in [4.69, 9.17) is 15.9 Å². The number of nitrogens with zero attached hydrogens (tertiary/aromatic N) is 3. The van der Waals surface area contributed by atoms with Gasteiger partial charge in [0.05, 0.1) is 12.5 Å². The van der Waals surface area contributed by atoms with Crippen molar-refractivity contribution in [3.8, 4) is 5.75 Å². The van der Waals surface area contributed by atoms with Crippen LogP contribution in [0.5, 0.6) is 5.75 Å². The van der Waals surface area contributed by atoms with Crippen LogP contribution in [0.2, 0.25) is 0 Å². The predicted molar refractivity (Wildman–Crippen MR) is 118 cm³/mol. The van der Waals surface area contributed by atoms with Gasteiger partial charge in [0.15, 0.2) is 5.58 Å². The number of nitrogens with two attached hydrogens (primary N) is 2. The van der Waals surface area contributed by atoms with Crippen LogP contribution in [0.3, 0.4) is 0 Å². The lowest BCUT2D eigenvalue weighted by Crippen LogP contribution is -2.38. The molecule has 162 valence electrons. The first kappa shape index (κ1) is 20.7. The number of anilines is 1. The number of carbonyl (C=O) groups is 2. The maximum Gasteiger partial charge on any atom is 0.292 e. The molecule has 2 aromatic carbocycles. The number of allylic oxidation sites excluding steroid dienone is 1. The summed E-state index contributed by atoms with van der Waals surface area (Å²) in [4.78, 5) is 33.0. The SMILES string of the molecule is CC(=Cn1cncc1C(=O)NC(C(N)=O)c1ccc(O)cc1)c1ccc2oc(N)nc2c1. The average Bonchev–Trinajstić information content (AvgIpc) is 3.37. The van der Waals surface area contributed by atoms with E-state index in [2.05, 4.69) is 15.3 Å². The zero-order chi connectivity index (χ0) is 22.8. The Morgan fingerprint density at radius 1 is 1.22 bits per heavy atom. The number of phenols is 1. The van der Waals surface area contributed by atoms with Crippen LogP contribution < -0.4 is 16.8 Å². The van der Waals surface area contributed by atoms with Crippen molar-refractivity contribution >= 4 is 40.7 Å². The normalized spacial score (nSPS) is 12.6. The molecule has 10 heteroatoms. The molecule has 1 atom stereocenters.